The van der Waals surface area contributed by atoms with Gasteiger partial charge in [-0.3, -0.25) is 4.79 Å². The highest BCUT2D eigenvalue weighted by Gasteiger charge is 2.43. The van der Waals surface area contributed by atoms with Gasteiger partial charge in [0.05, 0.1) is 5.92 Å². The number of nitrogens with zero attached hydrogens (tertiary/aromatic N) is 2. The number of nitrogens with one attached hydrogen (secondary N) is 1. The molecule has 2 aliphatic heterocycles. The lowest BCUT2D eigenvalue weighted by Gasteiger charge is -2.36. The van der Waals surface area contributed by atoms with Crippen LogP contribution in [0.15, 0.2) is 0 Å². The first-order valence-electron chi connectivity index (χ1n) is 11.6. The Hall–Kier alpha value is -1.99. The van der Waals surface area contributed by atoms with Crippen LogP contribution in [-0.2, 0) is 14.3 Å². The van der Waals surface area contributed by atoms with Gasteiger partial charge < -0.3 is 24.6 Å². The van der Waals surface area contributed by atoms with E-state index in [1.165, 1.54) is 0 Å². The first kappa shape index (κ1) is 25.3. The predicted octanol–water partition coefficient (Wildman–Crippen LogP) is 3.79. The summed E-state index contributed by atoms with van der Waals surface area (Å²) in [6.07, 6.45) is 2.48. The molecule has 0 unspecified atom stereocenters. The van der Waals surface area contributed by atoms with Crippen LogP contribution >= 0.6 is 0 Å². The number of amides is 3. The summed E-state index contributed by atoms with van der Waals surface area (Å²) in [4.78, 5) is 41.5. The van der Waals surface area contributed by atoms with Crippen LogP contribution in [0.25, 0.3) is 0 Å². The monoisotopic (exact) mass is 439 g/mol. The number of piperidine rings is 1. The number of hydrogen-bond acceptors (Lipinski definition) is 5. The standard InChI is InChI=1S/C23H41N3O5/c1-8-18-17(11-13-26(18)21(29)31-23(5,6)7)19(27)25-12-9-10-16(15-25)14-24-20(28)30-22(2,3)4/h16-18H,8-15H2,1-7H3,(H,24,28)/t16-,17-,18+/m0/s1. The van der Waals surface area contributed by atoms with Crippen molar-refractivity contribution in [3.05, 3.63) is 0 Å². The summed E-state index contributed by atoms with van der Waals surface area (Å²) in [6.45, 7) is 15.4. The average Bonchev–Trinajstić information content (AvgIpc) is 3.07. The number of carbonyl (C=O) groups is 3. The van der Waals surface area contributed by atoms with Gasteiger partial charge in [0, 0.05) is 32.2 Å². The second kappa shape index (κ2) is 10.1. The maximum atomic E-state index is 13.3. The molecule has 0 aromatic carbocycles. The molecule has 1 N–H and O–H groups in total. The van der Waals surface area contributed by atoms with Crippen LogP contribution in [0.5, 0.6) is 0 Å². The topological polar surface area (TPSA) is 88.2 Å². The number of carbonyl (C=O) groups excluding carboxylic acids is 3. The summed E-state index contributed by atoms with van der Waals surface area (Å²) in [5.41, 5.74) is -1.09. The van der Waals surface area contributed by atoms with E-state index >= 15 is 0 Å². The van der Waals surface area contributed by atoms with E-state index in [4.69, 9.17) is 9.47 Å². The first-order chi connectivity index (χ1) is 14.3. The third-order valence-corrected chi connectivity index (χ3v) is 5.67. The third-order valence-electron chi connectivity index (χ3n) is 5.67. The molecule has 8 nitrogen and oxygen atoms in total. The Bertz CT molecular complexity index is 653. The molecule has 31 heavy (non-hydrogen) atoms. The van der Waals surface area contributed by atoms with E-state index in [2.05, 4.69) is 5.32 Å². The first-order valence-corrected chi connectivity index (χ1v) is 11.6. The van der Waals surface area contributed by atoms with Crippen molar-refractivity contribution in [2.75, 3.05) is 26.2 Å². The summed E-state index contributed by atoms with van der Waals surface area (Å²) in [5, 5.41) is 2.83. The van der Waals surface area contributed by atoms with Crippen molar-refractivity contribution in [2.45, 2.75) is 91.4 Å². The van der Waals surface area contributed by atoms with Gasteiger partial charge in [0.15, 0.2) is 0 Å². The zero-order chi connectivity index (χ0) is 23.4. The molecule has 2 aliphatic rings. The van der Waals surface area contributed by atoms with Crippen LogP contribution in [0.2, 0.25) is 0 Å². The van der Waals surface area contributed by atoms with Gasteiger partial charge in [-0.05, 0) is 73.1 Å². The normalized spacial score (nSPS) is 24.7. The molecule has 0 bridgehead atoms. The molecular weight excluding hydrogens is 398 g/mol. The molecule has 178 valence electrons. The van der Waals surface area contributed by atoms with Gasteiger partial charge in [0.1, 0.15) is 11.2 Å². The highest BCUT2D eigenvalue weighted by atomic mass is 16.6. The second-order valence-corrected chi connectivity index (χ2v) is 10.7. The van der Waals surface area contributed by atoms with Gasteiger partial charge >= 0.3 is 12.2 Å². The van der Waals surface area contributed by atoms with E-state index in [1.54, 1.807) is 4.90 Å². The van der Waals surface area contributed by atoms with Crippen molar-refractivity contribution in [3.8, 4) is 0 Å². The summed E-state index contributed by atoms with van der Waals surface area (Å²) >= 11 is 0. The largest absolute Gasteiger partial charge is 0.444 e. The summed E-state index contributed by atoms with van der Waals surface area (Å²) < 4.78 is 10.8. The molecule has 0 radical (unpaired) electrons. The number of hydrogen-bond donors (Lipinski definition) is 1. The van der Waals surface area contributed by atoms with E-state index in [0.717, 1.165) is 19.4 Å². The van der Waals surface area contributed by atoms with Crippen molar-refractivity contribution in [1.82, 2.24) is 15.1 Å². The van der Waals surface area contributed by atoms with Crippen molar-refractivity contribution in [2.24, 2.45) is 11.8 Å². The Morgan fingerprint density at radius 1 is 0.968 bits per heavy atom. The lowest BCUT2D eigenvalue weighted by molar-refractivity contribution is -0.138. The number of likely N-dealkylation sites (tertiary alicyclic amines) is 2. The number of ether oxygens (including phenoxy) is 2. The Balaban J connectivity index is 1.93. The van der Waals surface area contributed by atoms with Gasteiger partial charge in [-0.1, -0.05) is 6.92 Å². The smallest absolute Gasteiger partial charge is 0.410 e. The van der Waals surface area contributed by atoms with E-state index in [-0.39, 0.29) is 29.9 Å². The molecule has 0 aromatic rings. The molecule has 0 aliphatic carbocycles. The highest BCUT2D eigenvalue weighted by Crippen LogP contribution is 2.31. The molecule has 3 atom stereocenters. The van der Waals surface area contributed by atoms with Crippen LogP contribution in [0, 0.1) is 11.8 Å². The third kappa shape index (κ3) is 7.58. The zero-order valence-electron chi connectivity index (χ0n) is 20.3. The minimum absolute atomic E-state index is 0.111. The highest BCUT2D eigenvalue weighted by molar-refractivity contribution is 5.81. The Kier molecular flexibility index (Phi) is 8.22. The lowest BCUT2D eigenvalue weighted by atomic mass is 9.93. The molecule has 8 heteroatoms. The van der Waals surface area contributed by atoms with Gasteiger partial charge in [0.2, 0.25) is 5.91 Å². The van der Waals surface area contributed by atoms with Crippen LogP contribution in [0.4, 0.5) is 9.59 Å². The molecule has 2 fully saturated rings. The SMILES string of the molecule is CC[C@@H]1[C@@H](C(=O)N2CCC[C@@H](CNC(=O)OC(C)(C)C)C2)CCN1C(=O)OC(C)(C)C. The summed E-state index contributed by atoms with van der Waals surface area (Å²) in [7, 11) is 0. The van der Waals surface area contributed by atoms with Crippen LogP contribution in [0.1, 0.15) is 74.1 Å². The Morgan fingerprint density at radius 2 is 1.61 bits per heavy atom. The Morgan fingerprint density at radius 3 is 2.19 bits per heavy atom. The van der Waals surface area contributed by atoms with Crippen molar-refractivity contribution < 1.29 is 23.9 Å². The maximum Gasteiger partial charge on any atom is 0.410 e. The summed E-state index contributed by atoms with van der Waals surface area (Å²) in [6, 6.07) is -0.136. The molecule has 3 amide bonds. The van der Waals surface area contributed by atoms with Crippen molar-refractivity contribution in [3.63, 3.8) is 0 Å². The van der Waals surface area contributed by atoms with E-state index < -0.39 is 17.3 Å². The minimum Gasteiger partial charge on any atom is -0.444 e. The molecule has 0 saturated carbocycles. The van der Waals surface area contributed by atoms with Gasteiger partial charge in [-0.25, -0.2) is 9.59 Å². The molecule has 2 heterocycles. The van der Waals surface area contributed by atoms with Crippen molar-refractivity contribution in [1.29, 1.82) is 0 Å². The van der Waals surface area contributed by atoms with Crippen molar-refractivity contribution >= 4 is 18.1 Å². The average molecular weight is 440 g/mol. The van der Waals surface area contributed by atoms with Crippen LogP contribution in [0.3, 0.4) is 0 Å². The second-order valence-electron chi connectivity index (χ2n) is 10.7. The fourth-order valence-corrected chi connectivity index (χ4v) is 4.40. The fourth-order valence-electron chi connectivity index (χ4n) is 4.40. The van der Waals surface area contributed by atoms with E-state index in [9.17, 15) is 14.4 Å². The molecule has 2 saturated heterocycles. The predicted molar refractivity (Wildman–Crippen MR) is 119 cm³/mol. The zero-order valence-corrected chi connectivity index (χ0v) is 20.3. The van der Waals surface area contributed by atoms with Gasteiger partial charge in [-0.2, -0.15) is 0 Å². The fraction of sp³-hybridized carbons (Fsp3) is 0.870. The van der Waals surface area contributed by atoms with Crippen LogP contribution < -0.4 is 5.32 Å². The summed E-state index contributed by atoms with van der Waals surface area (Å²) in [5.74, 6) is 0.114. The van der Waals surface area contributed by atoms with E-state index in [1.807, 2.05) is 53.4 Å². The maximum absolute atomic E-state index is 13.3. The van der Waals surface area contributed by atoms with Gasteiger partial charge in [0.25, 0.3) is 0 Å². The molecular formula is C23H41N3O5. The van der Waals surface area contributed by atoms with Crippen LogP contribution in [-0.4, -0.2) is 71.3 Å². The number of alkyl carbamates (subject to hydrolysis) is 1. The van der Waals surface area contributed by atoms with Gasteiger partial charge in [-0.15, -0.1) is 0 Å². The molecule has 0 aromatic heterocycles. The number of rotatable bonds is 4. The quantitative estimate of drug-likeness (QED) is 0.720. The molecule has 2 rings (SSSR count). The van der Waals surface area contributed by atoms with E-state index in [0.29, 0.717) is 32.5 Å². The lowest BCUT2D eigenvalue weighted by Crippen LogP contribution is -2.49. The molecule has 0 spiro atoms. The Labute approximate surface area is 187 Å². The minimum atomic E-state index is -0.557.